The van der Waals surface area contributed by atoms with Crippen LogP contribution < -0.4 is 10.6 Å². The van der Waals surface area contributed by atoms with Gasteiger partial charge in [0.25, 0.3) is 0 Å². The van der Waals surface area contributed by atoms with Crippen LogP contribution in [0.5, 0.6) is 0 Å². The van der Waals surface area contributed by atoms with E-state index in [1.54, 1.807) is 0 Å². The van der Waals surface area contributed by atoms with E-state index in [-0.39, 0.29) is 6.03 Å². The molecule has 25 heavy (non-hydrogen) atoms. The number of H-pyrrole nitrogens is 1. The summed E-state index contributed by atoms with van der Waals surface area (Å²) in [4.78, 5) is 20.2. The number of aromatic nitrogens is 2. The number of urea groups is 1. The molecule has 0 atom stereocenters. The number of benzene rings is 3. The van der Waals surface area contributed by atoms with Crippen LogP contribution in [-0.2, 0) is 0 Å². The lowest BCUT2D eigenvalue weighted by molar-refractivity contribution is 0.262. The third-order valence-electron chi connectivity index (χ3n) is 3.85. The summed E-state index contributed by atoms with van der Waals surface area (Å²) in [5.41, 5.74) is 4.11. The van der Waals surface area contributed by atoms with Crippen molar-refractivity contribution in [1.29, 1.82) is 0 Å². The second-order valence-corrected chi connectivity index (χ2v) is 5.59. The van der Waals surface area contributed by atoms with Crippen molar-refractivity contribution in [3.05, 3.63) is 78.9 Å². The Morgan fingerprint density at radius 2 is 1.52 bits per heavy atom. The number of nitrogens with zero attached hydrogens (tertiary/aromatic N) is 1. The molecule has 5 heteroatoms. The van der Waals surface area contributed by atoms with Crippen LogP contribution in [0.15, 0.2) is 78.9 Å². The highest BCUT2D eigenvalue weighted by molar-refractivity contribution is 6.02. The normalized spacial score (nSPS) is 10.6. The van der Waals surface area contributed by atoms with Crippen molar-refractivity contribution in [2.45, 2.75) is 0 Å². The van der Waals surface area contributed by atoms with Crippen LogP contribution in [0.25, 0.3) is 22.4 Å². The number of hydrogen-bond acceptors (Lipinski definition) is 2. The summed E-state index contributed by atoms with van der Waals surface area (Å²) in [6, 6.07) is 24.4. The summed E-state index contributed by atoms with van der Waals surface area (Å²) in [5, 5.41) is 5.71. The van der Waals surface area contributed by atoms with Crippen LogP contribution in [0.1, 0.15) is 0 Å². The monoisotopic (exact) mass is 328 g/mol. The van der Waals surface area contributed by atoms with Gasteiger partial charge < -0.3 is 15.6 Å². The largest absolute Gasteiger partial charge is 0.338 e. The van der Waals surface area contributed by atoms with Crippen molar-refractivity contribution >= 4 is 28.4 Å². The molecule has 122 valence electrons. The molecule has 4 aromatic rings. The van der Waals surface area contributed by atoms with E-state index in [2.05, 4.69) is 20.6 Å². The highest BCUT2D eigenvalue weighted by atomic mass is 16.2. The minimum Gasteiger partial charge on any atom is -0.338 e. The number of hydrogen-bond donors (Lipinski definition) is 3. The van der Waals surface area contributed by atoms with Crippen LogP contribution in [0.4, 0.5) is 16.2 Å². The molecule has 1 aromatic heterocycles. The summed E-state index contributed by atoms with van der Waals surface area (Å²) < 4.78 is 0. The lowest BCUT2D eigenvalue weighted by atomic mass is 10.1. The van der Waals surface area contributed by atoms with Gasteiger partial charge in [-0.3, -0.25) is 0 Å². The third-order valence-corrected chi connectivity index (χ3v) is 3.85. The number of rotatable bonds is 3. The summed E-state index contributed by atoms with van der Waals surface area (Å²) in [7, 11) is 0. The van der Waals surface area contributed by atoms with Gasteiger partial charge in [-0.1, -0.05) is 42.5 Å². The fourth-order valence-electron chi connectivity index (χ4n) is 2.69. The van der Waals surface area contributed by atoms with Gasteiger partial charge in [0.2, 0.25) is 0 Å². The van der Waals surface area contributed by atoms with Gasteiger partial charge in [-0.15, -0.1) is 0 Å². The maximum atomic E-state index is 12.3. The Bertz CT molecular complexity index is 991. The predicted octanol–water partition coefficient (Wildman–Crippen LogP) is 4.87. The Morgan fingerprint density at radius 1 is 0.800 bits per heavy atom. The Balaban J connectivity index is 1.61. The molecule has 0 saturated carbocycles. The smallest absolute Gasteiger partial charge is 0.323 e. The van der Waals surface area contributed by atoms with E-state index < -0.39 is 0 Å². The second kappa shape index (κ2) is 6.49. The average molecular weight is 328 g/mol. The lowest BCUT2D eigenvalue weighted by Gasteiger charge is -2.10. The van der Waals surface area contributed by atoms with E-state index in [9.17, 15) is 4.79 Å². The quantitative estimate of drug-likeness (QED) is 0.502. The molecule has 0 aliphatic heterocycles. The van der Waals surface area contributed by atoms with Gasteiger partial charge in [0.05, 0.1) is 16.7 Å². The average Bonchev–Trinajstić information content (AvgIpc) is 3.07. The van der Waals surface area contributed by atoms with E-state index in [1.165, 1.54) is 0 Å². The van der Waals surface area contributed by atoms with E-state index >= 15 is 0 Å². The molecule has 0 spiro atoms. The fourth-order valence-corrected chi connectivity index (χ4v) is 2.69. The molecule has 3 aromatic carbocycles. The van der Waals surface area contributed by atoms with Crippen LogP contribution in [0, 0.1) is 0 Å². The predicted molar refractivity (Wildman–Crippen MR) is 101 cm³/mol. The van der Waals surface area contributed by atoms with Crippen LogP contribution >= 0.6 is 0 Å². The van der Waals surface area contributed by atoms with Gasteiger partial charge in [-0.25, -0.2) is 9.78 Å². The highest BCUT2D eigenvalue weighted by Gasteiger charge is 2.11. The first-order valence-electron chi connectivity index (χ1n) is 7.97. The zero-order valence-corrected chi connectivity index (χ0v) is 13.4. The van der Waals surface area contributed by atoms with Gasteiger partial charge in [0.1, 0.15) is 5.82 Å². The van der Waals surface area contributed by atoms with Crippen molar-refractivity contribution in [2.75, 3.05) is 10.6 Å². The summed E-state index contributed by atoms with van der Waals surface area (Å²) in [5.74, 6) is 0.719. The molecular weight excluding hydrogens is 312 g/mol. The minimum atomic E-state index is -0.297. The van der Waals surface area contributed by atoms with Gasteiger partial charge in [0, 0.05) is 11.3 Å². The van der Waals surface area contributed by atoms with Crippen molar-refractivity contribution in [2.24, 2.45) is 0 Å². The fraction of sp³-hybridized carbons (Fsp3) is 0. The van der Waals surface area contributed by atoms with E-state index in [0.717, 1.165) is 28.1 Å². The number of imidazole rings is 1. The van der Waals surface area contributed by atoms with Crippen LogP contribution in [0.3, 0.4) is 0 Å². The summed E-state index contributed by atoms with van der Waals surface area (Å²) >= 11 is 0. The van der Waals surface area contributed by atoms with Crippen LogP contribution in [0.2, 0.25) is 0 Å². The lowest BCUT2D eigenvalue weighted by Crippen LogP contribution is -2.19. The van der Waals surface area contributed by atoms with Crippen molar-refractivity contribution in [3.63, 3.8) is 0 Å². The number of para-hydroxylation sites is 4. The second-order valence-electron chi connectivity index (χ2n) is 5.59. The molecular formula is C20H16N4O. The van der Waals surface area contributed by atoms with Crippen molar-refractivity contribution in [1.82, 2.24) is 9.97 Å². The minimum absolute atomic E-state index is 0.297. The maximum Gasteiger partial charge on any atom is 0.323 e. The molecule has 2 amide bonds. The zero-order valence-electron chi connectivity index (χ0n) is 13.4. The number of anilines is 2. The first-order valence-corrected chi connectivity index (χ1v) is 7.97. The van der Waals surface area contributed by atoms with Gasteiger partial charge in [-0.2, -0.15) is 0 Å². The molecule has 0 saturated heterocycles. The van der Waals surface area contributed by atoms with E-state index in [4.69, 9.17) is 0 Å². The van der Waals surface area contributed by atoms with Gasteiger partial charge >= 0.3 is 6.03 Å². The zero-order chi connectivity index (χ0) is 17.1. The van der Waals surface area contributed by atoms with Gasteiger partial charge in [0.15, 0.2) is 0 Å². The molecule has 0 aliphatic carbocycles. The molecule has 0 radical (unpaired) electrons. The Morgan fingerprint density at radius 3 is 2.36 bits per heavy atom. The Labute approximate surface area is 144 Å². The molecule has 1 heterocycles. The topological polar surface area (TPSA) is 69.8 Å². The maximum absolute atomic E-state index is 12.3. The number of aromatic amines is 1. The molecule has 0 aliphatic rings. The van der Waals surface area contributed by atoms with Gasteiger partial charge in [-0.05, 0) is 36.4 Å². The number of carbonyl (C=O) groups is 1. The van der Waals surface area contributed by atoms with E-state index in [0.29, 0.717) is 5.69 Å². The SMILES string of the molecule is O=C(Nc1ccccc1)Nc1ccccc1-c1nc2ccccc2[nH]1. The van der Waals surface area contributed by atoms with Crippen molar-refractivity contribution in [3.8, 4) is 11.4 Å². The number of carbonyl (C=O) groups excluding carboxylic acids is 1. The standard InChI is InChI=1S/C20H16N4O/c25-20(21-14-8-2-1-3-9-14)24-16-11-5-4-10-15(16)19-22-17-12-6-7-13-18(17)23-19/h1-13H,(H,22,23)(H2,21,24,25). The Hall–Kier alpha value is -3.60. The number of amides is 2. The molecule has 0 unspecified atom stereocenters. The summed E-state index contributed by atoms with van der Waals surface area (Å²) in [6.07, 6.45) is 0. The molecule has 0 fully saturated rings. The number of fused-ring (bicyclic) bond motifs is 1. The molecule has 5 nitrogen and oxygen atoms in total. The first-order chi connectivity index (χ1) is 12.3. The third kappa shape index (κ3) is 3.21. The van der Waals surface area contributed by atoms with Crippen molar-refractivity contribution < 1.29 is 4.79 Å². The highest BCUT2D eigenvalue weighted by Crippen LogP contribution is 2.27. The molecule has 3 N–H and O–H groups in total. The van der Waals surface area contributed by atoms with Crippen LogP contribution in [-0.4, -0.2) is 16.0 Å². The number of nitrogens with one attached hydrogen (secondary N) is 3. The summed E-state index contributed by atoms with van der Waals surface area (Å²) in [6.45, 7) is 0. The molecule has 4 rings (SSSR count). The first kappa shape index (κ1) is 15.0. The Kier molecular flexibility index (Phi) is 3.88. The van der Waals surface area contributed by atoms with E-state index in [1.807, 2.05) is 78.9 Å². The molecule has 0 bridgehead atoms.